The first kappa shape index (κ1) is 19.3. The molecule has 0 atom stereocenters. The molecule has 1 aliphatic heterocycles. The fraction of sp³-hybridized carbons (Fsp3) is 0.571. The number of ketones is 1. The van der Waals surface area contributed by atoms with Crippen LogP contribution in [0.25, 0.3) is 0 Å². The standard InChI is InChI=1S/C21H27NO3S2/c1-22-11-9-21(25,10-12-22)16-6-14-27-19(16)17(23)18-15(5-13-26-18)20(24)7-3-2-4-8-20/h5-6,13-14,24-25H,2-4,7-12H2,1H3. The molecule has 27 heavy (non-hydrogen) atoms. The van der Waals surface area contributed by atoms with Gasteiger partial charge in [0.25, 0.3) is 0 Å². The predicted octanol–water partition coefficient (Wildman–Crippen LogP) is 4.11. The predicted molar refractivity (Wildman–Crippen MR) is 110 cm³/mol. The van der Waals surface area contributed by atoms with Gasteiger partial charge in [-0.3, -0.25) is 4.79 Å². The first-order valence-corrected chi connectivity index (χ1v) is 11.5. The van der Waals surface area contributed by atoms with Gasteiger partial charge in [-0.2, -0.15) is 0 Å². The Bertz CT molecular complexity index is 811. The van der Waals surface area contributed by atoms with Gasteiger partial charge in [0.05, 0.1) is 21.0 Å². The molecule has 2 N–H and O–H groups in total. The van der Waals surface area contributed by atoms with Gasteiger partial charge in [-0.15, -0.1) is 22.7 Å². The highest BCUT2D eigenvalue weighted by molar-refractivity contribution is 7.16. The lowest BCUT2D eigenvalue weighted by Crippen LogP contribution is -2.41. The molecular formula is C21H27NO3S2. The highest BCUT2D eigenvalue weighted by Crippen LogP contribution is 2.43. The van der Waals surface area contributed by atoms with E-state index < -0.39 is 11.2 Å². The second-order valence-electron chi connectivity index (χ2n) is 8.08. The normalized spacial score (nSPS) is 22.6. The highest BCUT2D eigenvalue weighted by atomic mass is 32.1. The van der Waals surface area contributed by atoms with Crippen LogP contribution in [0.5, 0.6) is 0 Å². The molecule has 0 bridgehead atoms. The fourth-order valence-electron chi connectivity index (χ4n) is 4.47. The number of hydrogen-bond acceptors (Lipinski definition) is 6. The molecule has 0 aromatic carbocycles. The lowest BCUT2D eigenvalue weighted by atomic mass is 9.79. The summed E-state index contributed by atoms with van der Waals surface area (Å²) in [4.78, 5) is 16.9. The summed E-state index contributed by atoms with van der Waals surface area (Å²) in [6.07, 6.45) is 5.86. The van der Waals surface area contributed by atoms with Gasteiger partial charge in [-0.1, -0.05) is 19.3 Å². The second kappa shape index (κ2) is 7.41. The van der Waals surface area contributed by atoms with Gasteiger partial charge in [0.1, 0.15) is 0 Å². The summed E-state index contributed by atoms with van der Waals surface area (Å²) in [5, 5.41) is 26.2. The minimum atomic E-state index is -0.934. The van der Waals surface area contributed by atoms with Crippen molar-refractivity contribution in [2.45, 2.75) is 56.1 Å². The number of carbonyl (C=O) groups excluding carboxylic acids is 1. The van der Waals surface area contributed by atoms with Gasteiger partial charge in [-0.25, -0.2) is 0 Å². The van der Waals surface area contributed by atoms with Crippen LogP contribution < -0.4 is 0 Å². The van der Waals surface area contributed by atoms with Crippen LogP contribution in [0.2, 0.25) is 0 Å². The largest absolute Gasteiger partial charge is 0.385 e. The summed E-state index contributed by atoms with van der Waals surface area (Å²) in [6, 6.07) is 3.83. The van der Waals surface area contributed by atoms with Crippen LogP contribution in [0.4, 0.5) is 0 Å². The highest BCUT2D eigenvalue weighted by Gasteiger charge is 2.39. The van der Waals surface area contributed by atoms with E-state index in [0.717, 1.165) is 56.3 Å². The Morgan fingerprint density at radius 3 is 1.89 bits per heavy atom. The minimum absolute atomic E-state index is 0.0450. The second-order valence-corrected chi connectivity index (χ2v) is 9.92. The summed E-state index contributed by atoms with van der Waals surface area (Å²) in [7, 11) is 2.06. The van der Waals surface area contributed by atoms with Crippen LogP contribution in [0.15, 0.2) is 22.9 Å². The van der Waals surface area contributed by atoms with Crippen molar-refractivity contribution >= 4 is 28.5 Å². The lowest BCUT2D eigenvalue weighted by molar-refractivity contribution is -0.0204. The number of aliphatic hydroxyl groups is 2. The van der Waals surface area contributed by atoms with E-state index in [1.165, 1.54) is 22.7 Å². The third kappa shape index (κ3) is 3.54. The first-order valence-electron chi connectivity index (χ1n) is 9.77. The summed E-state index contributed by atoms with van der Waals surface area (Å²) in [6.45, 7) is 1.65. The molecule has 4 rings (SSSR count). The minimum Gasteiger partial charge on any atom is -0.385 e. The average molecular weight is 406 g/mol. The van der Waals surface area contributed by atoms with Crippen molar-refractivity contribution in [2.24, 2.45) is 0 Å². The van der Waals surface area contributed by atoms with Crippen LogP contribution in [0, 0.1) is 0 Å². The molecule has 0 unspecified atom stereocenters. The monoisotopic (exact) mass is 405 g/mol. The molecule has 1 saturated heterocycles. The first-order chi connectivity index (χ1) is 12.9. The Balaban J connectivity index is 1.66. The molecule has 4 nitrogen and oxygen atoms in total. The van der Waals surface area contributed by atoms with E-state index >= 15 is 0 Å². The molecule has 0 amide bonds. The molecule has 1 aliphatic carbocycles. The number of carbonyl (C=O) groups is 1. The summed E-state index contributed by atoms with van der Waals surface area (Å²) >= 11 is 2.82. The molecule has 146 valence electrons. The SMILES string of the molecule is CN1CCC(O)(c2ccsc2C(=O)c2sccc2C2(O)CCCCC2)CC1. The quantitative estimate of drug-likeness (QED) is 0.752. The van der Waals surface area contributed by atoms with Crippen molar-refractivity contribution in [1.29, 1.82) is 0 Å². The van der Waals surface area contributed by atoms with E-state index in [4.69, 9.17) is 0 Å². The van der Waals surface area contributed by atoms with Gasteiger partial charge < -0.3 is 15.1 Å². The smallest absolute Gasteiger partial charge is 0.213 e. The van der Waals surface area contributed by atoms with Crippen molar-refractivity contribution in [1.82, 2.24) is 4.90 Å². The van der Waals surface area contributed by atoms with Crippen LogP contribution in [-0.4, -0.2) is 41.0 Å². The summed E-state index contributed by atoms with van der Waals surface area (Å²) in [5.74, 6) is -0.0450. The van der Waals surface area contributed by atoms with Crippen molar-refractivity contribution in [2.75, 3.05) is 20.1 Å². The molecule has 2 aromatic heterocycles. The zero-order valence-corrected chi connectivity index (χ0v) is 17.4. The van der Waals surface area contributed by atoms with Crippen molar-refractivity contribution < 1.29 is 15.0 Å². The molecule has 2 aliphatic rings. The number of likely N-dealkylation sites (tertiary alicyclic amines) is 1. The van der Waals surface area contributed by atoms with Crippen molar-refractivity contribution in [3.8, 4) is 0 Å². The summed E-state index contributed by atoms with van der Waals surface area (Å²) in [5.41, 5.74) is -0.269. The third-order valence-electron chi connectivity index (χ3n) is 6.24. The number of nitrogens with zero attached hydrogens (tertiary/aromatic N) is 1. The molecule has 3 heterocycles. The molecule has 0 spiro atoms. The zero-order chi connectivity index (χ0) is 19.1. The van der Waals surface area contributed by atoms with Crippen LogP contribution >= 0.6 is 22.7 Å². The van der Waals surface area contributed by atoms with Gasteiger partial charge in [0.15, 0.2) is 0 Å². The van der Waals surface area contributed by atoms with Crippen molar-refractivity contribution in [3.05, 3.63) is 43.8 Å². The molecular weight excluding hydrogens is 378 g/mol. The third-order valence-corrected chi connectivity index (χ3v) is 8.07. The van der Waals surface area contributed by atoms with E-state index in [2.05, 4.69) is 11.9 Å². The molecule has 0 radical (unpaired) electrons. The number of rotatable bonds is 4. The molecule has 2 aromatic rings. The Kier molecular flexibility index (Phi) is 5.29. The lowest BCUT2D eigenvalue weighted by Gasteiger charge is -2.37. The molecule has 6 heteroatoms. The van der Waals surface area contributed by atoms with Gasteiger partial charge in [0.2, 0.25) is 5.78 Å². The van der Waals surface area contributed by atoms with E-state index in [9.17, 15) is 15.0 Å². The topological polar surface area (TPSA) is 60.8 Å². The van der Waals surface area contributed by atoms with E-state index in [-0.39, 0.29) is 5.78 Å². The van der Waals surface area contributed by atoms with Crippen LogP contribution in [0.3, 0.4) is 0 Å². The van der Waals surface area contributed by atoms with Crippen LogP contribution in [0.1, 0.15) is 70.6 Å². The average Bonchev–Trinajstić information content (AvgIpc) is 3.34. The number of hydrogen-bond donors (Lipinski definition) is 2. The number of thiophene rings is 2. The number of piperidine rings is 1. The Hall–Kier alpha value is -1.05. The molecule has 1 saturated carbocycles. The molecule has 2 fully saturated rings. The van der Waals surface area contributed by atoms with Gasteiger partial charge in [0, 0.05) is 24.2 Å². The van der Waals surface area contributed by atoms with Gasteiger partial charge in [-0.05, 0) is 55.6 Å². The van der Waals surface area contributed by atoms with E-state index in [1.807, 2.05) is 22.9 Å². The van der Waals surface area contributed by atoms with Crippen molar-refractivity contribution in [3.63, 3.8) is 0 Å². The summed E-state index contributed by atoms with van der Waals surface area (Å²) < 4.78 is 0. The van der Waals surface area contributed by atoms with E-state index in [1.54, 1.807) is 0 Å². The van der Waals surface area contributed by atoms with E-state index in [0.29, 0.717) is 22.6 Å². The maximum absolute atomic E-state index is 13.4. The Morgan fingerprint density at radius 2 is 1.37 bits per heavy atom. The van der Waals surface area contributed by atoms with Gasteiger partial charge >= 0.3 is 0 Å². The zero-order valence-electron chi connectivity index (χ0n) is 15.7. The Labute approximate surface area is 168 Å². The fourth-order valence-corrected chi connectivity index (χ4v) is 6.40. The Morgan fingerprint density at radius 1 is 0.889 bits per heavy atom. The maximum atomic E-state index is 13.4. The maximum Gasteiger partial charge on any atom is 0.213 e. The van der Waals surface area contributed by atoms with Crippen LogP contribution in [-0.2, 0) is 11.2 Å².